The Kier molecular flexibility index (Phi) is 6.59. The normalized spacial score (nSPS) is 12.6. The fourth-order valence-corrected chi connectivity index (χ4v) is 3.55. The summed E-state index contributed by atoms with van der Waals surface area (Å²) in [5, 5.41) is 23.1. The van der Waals surface area contributed by atoms with Crippen molar-refractivity contribution < 1.29 is 14.7 Å². The number of rotatable bonds is 5. The molecule has 0 aliphatic carbocycles. The van der Waals surface area contributed by atoms with Gasteiger partial charge < -0.3 is 15.4 Å². The van der Waals surface area contributed by atoms with Crippen molar-refractivity contribution in [2.24, 2.45) is 0 Å². The number of nitriles is 1. The van der Waals surface area contributed by atoms with Crippen molar-refractivity contribution in [3.05, 3.63) is 62.9 Å². The molecule has 0 spiro atoms. The average molecular weight is 517 g/mol. The van der Waals surface area contributed by atoms with Crippen molar-refractivity contribution in [1.82, 2.24) is 15.8 Å². The Balaban J connectivity index is 1.69. The third-order valence-electron chi connectivity index (χ3n) is 4.70. The van der Waals surface area contributed by atoms with Crippen LogP contribution in [0.25, 0.3) is 10.9 Å². The van der Waals surface area contributed by atoms with Gasteiger partial charge in [-0.15, -0.1) is 0 Å². The van der Waals surface area contributed by atoms with Crippen LogP contribution in [0.3, 0.4) is 0 Å². The average Bonchev–Trinajstić information content (AvgIpc) is 3.20. The molecule has 0 aliphatic rings. The van der Waals surface area contributed by atoms with Gasteiger partial charge in [0.25, 0.3) is 11.8 Å². The Morgan fingerprint density at radius 2 is 1.97 bits per heavy atom. The molecule has 5 N–H and O–H groups in total. The Morgan fingerprint density at radius 1 is 1.20 bits per heavy atom. The first-order chi connectivity index (χ1) is 14.3. The molecule has 0 saturated heterocycles. The third-order valence-corrected chi connectivity index (χ3v) is 6.09. The highest BCUT2D eigenvalue weighted by Crippen LogP contribution is 2.25. The number of halogens is 1. The summed E-state index contributed by atoms with van der Waals surface area (Å²) in [6.07, 6.45) is 0.741. The predicted octanol–water partition coefficient (Wildman–Crippen LogP) is 2.58. The zero-order chi connectivity index (χ0) is 21.8. The number of aromatic nitrogens is 1. The predicted molar refractivity (Wildman–Crippen MR) is 122 cm³/mol. The highest BCUT2D eigenvalue weighted by molar-refractivity contribution is 14.1. The maximum Gasteiger partial charge on any atom is 0.269 e. The van der Waals surface area contributed by atoms with Gasteiger partial charge in [0.1, 0.15) is 12.1 Å². The Morgan fingerprint density at radius 3 is 2.67 bits per heavy atom. The largest absolute Gasteiger partial charge is 0.391 e. The molecule has 1 unspecified atom stereocenters. The maximum absolute atomic E-state index is 12.6. The van der Waals surface area contributed by atoms with Crippen molar-refractivity contribution in [2.45, 2.75) is 26.0 Å². The molecule has 0 radical (unpaired) electrons. The fraction of sp³-hybridized carbons (Fsp3) is 0.190. The number of anilines is 1. The highest BCUT2D eigenvalue weighted by Gasteiger charge is 2.25. The number of hydrogen-bond acceptors (Lipinski definition) is 5. The molecule has 0 aliphatic heterocycles. The Bertz CT molecular complexity index is 1150. The van der Waals surface area contributed by atoms with Gasteiger partial charge in [-0.3, -0.25) is 20.4 Å². The van der Waals surface area contributed by atoms with E-state index in [2.05, 4.69) is 49.8 Å². The number of carbonyl (C=O) groups excluding carboxylic acids is 2. The van der Waals surface area contributed by atoms with Crippen LogP contribution in [0, 0.1) is 21.8 Å². The molecule has 2 atom stereocenters. The number of amides is 2. The van der Waals surface area contributed by atoms with E-state index in [1.165, 1.54) is 6.92 Å². The minimum absolute atomic E-state index is 0.390. The summed E-state index contributed by atoms with van der Waals surface area (Å²) in [6.45, 7) is 3.30. The molecule has 0 saturated carbocycles. The Hall–Kier alpha value is -3.10. The first-order valence-electron chi connectivity index (χ1n) is 9.13. The number of aromatic amines is 1. The van der Waals surface area contributed by atoms with Crippen molar-refractivity contribution in [2.75, 3.05) is 5.32 Å². The van der Waals surface area contributed by atoms with Gasteiger partial charge >= 0.3 is 0 Å². The number of carbonyl (C=O) groups is 2. The number of aliphatic hydroxyl groups excluding tert-OH is 1. The van der Waals surface area contributed by atoms with E-state index in [1.807, 2.05) is 13.0 Å². The summed E-state index contributed by atoms with van der Waals surface area (Å²) in [5.74, 6) is -1.07. The van der Waals surface area contributed by atoms with E-state index in [9.17, 15) is 14.7 Å². The van der Waals surface area contributed by atoms with Crippen molar-refractivity contribution in [3.63, 3.8) is 0 Å². The Labute approximate surface area is 186 Å². The number of nitrogens with one attached hydrogen (secondary N) is 4. The van der Waals surface area contributed by atoms with Gasteiger partial charge in [0, 0.05) is 31.9 Å². The number of benzene rings is 2. The zero-order valence-electron chi connectivity index (χ0n) is 16.3. The summed E-state index contributed by atoms with van der Waals surface area (Å²) < 4.78 is 0.762. The molecule has 2 amide bonds. The molecule has 3 rings (SSSR count). The lowest BCUT2D eigenvalue weighted by atomic mass is 10.1. The van der Waals surface area contributed by atoms with E-state index in [1.54, 1.807) is 36.5 Å². The van der Waals surface area contributed by atoms with E-state index >= 15 is 0 Å². The maximum atomic E-state index is 12.6. The van der Waals surface area contributed by atoms with Gasteiger partial charge in [0.2, 0.25) is 0 Å². The van der Waals surface area contributed by atoms with Crippen LogP contribution in [-0.4, -0.2) is 34.1 Å². The summed E-state index contributed by atoms with van der Waals surface area (Å²) in [6, 6.07) is 11.4. The number of fused-ring (bicyclic) bond motifs is 1. The van der Waals surface area contributed by atoms with Gasteiger partial charge in [-0.05, 0) is 78.4 Å². The number of H-pyrrole nitrogens is 1. The van der Waals surface area contributed by atoms with Gasteiger partial charge in [-0.1, -0.05) is 0 Å². The quantitative estimate of drug-likeness (QED) is 0.263. The standard InChI is InChI=1S/C21H20IN5O3/c1-11-16(5-4-15(10-23)18(11)22)25-19(12(2)28)21(30)27-26-20(29)14-3-6-17-13(9-14)7-8-24-17/h3-9,12,19,24-25,28H,1-2H3,(H,26,29)(H,27,30)/t12-,19?/m0/s1. The van der Waals surface area contributed by atoms with E-state index in [-0.39, 0.29) is 0 Å². The van der Waals surface area contributed by atoms with Gasteiger partial charge in [0.05, 0.1) is 11.7 Å². The number of hydrazine groups is 1. The topological polar surface area (TPSA) is 130 Å². The zero-order valence-corrected chi connectivity index (χ0v) is 18.4. The van der Waals surface area contributed by atoms with Crippen LogP contribution in [0.2, 0.25) is 0 Å². The fourth-order valence-electron chi connectivity index (χ4n) is 2.96. The first-order valence-corrected chi connectivity index (χ1v) is 10.2. The third kappa shape index (κ3) is 4.55. The molecule has 0 bridgehead atoms. The molecule has 154 valence electrons. The van der Waals surface area contributed by atoms with Crippen LogP contribution in [0.4, 0.5) is 5.69 Å². The van der Waals surface area contributed by atoms with Crippen LogP contribution in [0.1, 0.15) is 28.4 Å². The second-order valence-corrected chi connectivity index (χ2v) is 7.88. The van der Waals surface area contributed by atoms with Gasteiger partial charge in [0.15, 0.2) is 0 Å². The van der Waals surface area contributed by atoms with Crippen LogP contribution < -0.4 is 16.2 Å². The lowest BCUT2D eigenvalue weighted by Gasteiger charge is -2.23. The molecule has 9 heteroatoms. The summed E-state index contributed by atoms with van der Waals surface area (Å²) in [5.41, 5.74) is 7.96. The van der Waals surface area contributed by atoms with Crippen LogP contribution in [0.5, 0.6) is 0 Å². The second-order valence-electron chi connectivity index (χ2n) is 6.80. The molecule has 1 aromatic heterocycles. The molecular weight excluding hydrogens is 497 g/mol. The minimum atomic E-state index is -1.04. The van der Waals surface area contributed by atoms with Gasteiger partial charge in [-0.2, -0.15) is 5.26 Å². The smallest absolute Gasteiger partial charge is 0.269 e. The molecule has 8 nitrogen and oxygen atoms in total. The SMILES string of the molecule is Cc1c(NC(C(=O)NNC(=O)c2ccc3[nH]ccc3c2)[C@H](C)O)ccc(C#N)c1I. The number of hydrogen-bond donors (Lipinski definition) is 5. The summed E-state index contributed by atoms with van der Waals surface area (Å²) in [7, 11) is 0. The molecular formula is C21H20IN5O3. The van der Waals surface area contributed by atoms with Crippen molar-refractivity contribution in [3.8, 4) is 6.07 Å². The van der Waals surface area contributed by atoms with E-state index in [0.717, 1.165) is 20.0 Å². The summed E-state index contributed by atoms with van der Waals surface area (Å²) in [4.78, 5) is 28.0. The van der Waals surface area contributed by atoms with E-state index in [4.69, 9.17) is 5.26 Å². The van der Waals surface area contributed by atoms with Crippen molar-refractivity contribution >= 4 is 51.0 Å². The lowest BCUT2D eigenvalue weighted by Crippen LogP contribution is -2.52. The molecule has 2 aromatic carbocycles. The van der Waals surface area contributed by atoms with Crippen LogP contribution in [0.15, 0.2) is 42.6 Å². The number of nitrogens with zero attached hydrogens (tertiary/aromatic N) is 1. The molecule has 0 fully saturated rings. The lowest BCUT2D eigenvalue weighted by molar-refractivity contribution is -0.124. The van der Waals surface area contributed by atoms with Crippen LogP contribution >= 0.6 is 22.6 Å². The first kappa shape index (κ1) is 21.6. The van der Waals surface area contributed by atoms with E-state index < -0.39 is 24.0 Å². The molecule has 1 heterocycles. The minimum Gasteiger partial charge on any atom is -0.391 e. The molecule has 30 heavy (non-hydrogen) atoms. The number of aliphatic hydroxyl groups is 1. The monoisotopic (exact) mass is 517 g/mol. The second kappa shape index (κ2) is 9.15. The highest BCUT2D eigenvalue weighted by atomic mass is 127. The van der Waals surface area contributed by atoms with Crippen molar-refractivity contribution in [1.29, 1.82) is 5.26 Å². The van der Waals surface area contributed by atoms with Gasteiger partial charge in [-0.25, -0.2) is 0 Å². The van der Waals surface area contributed by atoms with Crippen LogP contribution in [-0.2, 0) is 4.79 Å². The summed E-state index contributed by atoms with van der Waals surface area (Å²) >= 11 is 2.06. The molecule has 3 aromatic rings. The van der Waals surface area contributed by atoms with E-state index in [0.29, 0.717) is 16.8 Å².